The molecule has 0 spiro atoms. The van der Waals surface area contributed by atoms with Crippen molar-refractivity contribution in [2.75, 3.05) is 0 Å². The van der Waals surface area contributed by atoms with Gasteiger partial charge >= 0.3 is 0 Å². The molecule has 2 aromatic rings. The molecule has 2 rings (SSSR count). The third kappa shape index (κ3) is 4.87. The van der Waals surface area contributed by atoms with E-state index in [9.17, 15) is 4.79 Å². The van der Waals surface area contributed by atoms with E-state index in [4.69, 9.17) is 4.74 Å². The van der Waals surface area contributed by atoms with Crippen LogP contribution in [-0.4, -0.2) is 12.0 Å². The number of carbonyl (C=O) groups is 1. The van der Waals surface area contributed by atoms with Crippen molar-refractivity contribution >= 4 is 5.91 Å². The normalized spacial score (nSPS) is 13.8. The molecule has 0 aliphatic rings. The zero-order valence-corrected chi connectivity index (χ0v) is 17.0. The van der Waals surface area contributed by atoms with Crippen molar-refractivity contribution in [3.8, 4) is 5.75 Å². The lowest BCUT2D eigenvalue weighted by molar-refractivity contribution is -0.127. The van der Waals surface area contributed by atoms with E-state index in [-0.39, 0.29) is 17.4 Å². The molecular formula is C23H31NO2. The van der Waals surface area contributed by atoms with E-state index >= 15 is 0 Å². The first-order valence-corrected chi connectivity index (χ1v) is 9.23. The topological polar surface area (TPSA) is 38.3 Å². The van der Waals surface area contributed by atoms with E-state index in [1.807, 2.05) is 39.0 Å². The fraction of sp³-hybridized carbons (Fsp3) is 0.435. The Balaban J connectivity index is 2.00. The molecule has 1 amide bonds. The molecule has 0 aromatic heterocycles. The monoisotopic (exact) mass is 353 g/mol. The van der Waals surface area contributed by atoms with E-state index < -0.39 is 6.10 Å². The SMILES string of the molecule is Cc1cccc(O[C@H](C)C(=O)N[C@H](C)c2ccc(C(C)(C)C)cc2)c1C. The zero-order chi connectivity index (χ0) is 19.5. The molecular weight excluding hydrogens is 322 g/mol. The van der Waals surface area contributed by atoms with E-state index in [1.165, 1.54) is 5.56 Å². The maximum Gasteiger partial charge on any atom is 0.261 e. The van der Waals surface area contributed by atoms with Gasteiger partial charge in [0.2, 0.25) is 0 Å². The van der Waals surface area contributed by atoms with Gasteiger partial charge in [-0.15, -0.1) is 0 Å². The van der Waals surface area contributed by atoms with Crippen molar-refractivity contribution in [1.82, 2.24) is 5.32 Å². The first-order valence-electron chi connectivity index (χ1n) is 9.23. The highest BCUT2D eigenvalue weighted by atomic mass is 16.5. The first kappa shape index (κ1) is 20.0. The largest absolute Gasteiger partial charge is 0.481 e. The van der Waals surface area contributed by atoms with Gasteiger partial charge in [-0.3, -0.25) is 4.79 Å². The number of amides is 1. The molecule has 26 heavy (non-hydrogen) atoms. The number of benzene rings is 2. The maximum atomic E-state index is 12.5. The Morgan fingerprint density at radius 2 is 1.62 bits per heavy atom. The van der Waals surface area contributed by atoms with Gasteiger partial charge in [0.05, 0.1) is 6.04 Å². The second kappa shape index (κ2) is 7.94. The summed E-state index contributed by atoms with van der Waals surface area (Å²) in [5, 5.41) is 3.04. The quantitative estimate of drug-likeness (QED) is 0.798. The van der Waals surface area contributed by atoms with Crippen LogP contribution in [0.3, 0.4) is 0 Å². The lowest BCUT2D eigenvalue weighted by Crippen LogP contribution is -2.37. The molecule has 3 nitrogen and oxygen atoms in total. The fourth-order valence-corrected chi connectivity index (χ4v) is 2.78. The maximum absolute atomic E-state index is 12.5. The van der Waals surface area contributed by atoms with E-state index in [0.29, 0.717) is 0 Å². The molecule has 0 radical (unpaired) electrons. The van der Waals surface area contributed by atoms with Gasteiger partial charge in [0.1, 0.15) is 5.75 Å². The number of nitrogens with one attached hydrogen (secondary N) is 1. The number of carbonyl (C=O) groups excluding carboxylic acids is 1. The standard InChI is InChI=1S/C23H31NO2/c1-15-9-8-10-21(16(15)2)26-18(4)22(25)24-17(3)19-11-13-20(14-12-19)23(5,6)7/h8-14,17-18H,1-7H3,(H,24,25)/t17-,18-/m1/s1. The van der Waals surface area contributed by atoms with Crippen LogP contribution in [0.25, 0.3) is 0 Å². The van der Waals surface area contributed by atoms with Crippen LogP contribution in [0.2, 0.25) is 0 Å². The van der Waals surface area contributed by atoms with Crippen molar-refractivity contribution < 1.29 is 9.53 Å². The minimum Gasteiger partial charge on any atom is -0.481 e. The molecule has 2 atom stereocenters. The summed E-state index contributed by atoms with van der Waals surface area (Å²) in [6.45, 7) is 14.4. The highest BCUT2D eigenvalue weighted by Gasteiger charge is 2.19. The molecule has 0 heterocycles. The minimum absolute atomic E-state index is 0.0684. The van der Waals surface area contributed by atoms with Gasteiger partial charge in [-0.25, -0.2) is 0 Å². The molecule has 0 unspecified atom stereocenters. The van der Waals surface area contributed by atoms with Crippen molar-refractivity contribution in [1.29, 1.82) is 0 Å². The van der Waals surface area contributed by atoms with Crippen LogP contribution in [-0.2, 0) is 10.2 Å². The summed E-state index contributed by atoms with van der Waals surface area (Å²) in [5.41, 5.74) is 4.72. The summed E-state index contributed by atoms with van der Waals surface area (Å²) in [4.78, 5) is 12.5. The van der Waals surface area contributed by atoms with Crippen molar-refractivity contribution in [3.05, 3.63) is 64.7 Å². The molecule has 0 aliphatic carbocycles. The minimum atomic E-state index is -0.549. The van der Waals surface area contributed by atoms with Crippen LogP contribution in [0, 0.1) is 13.8 Å². The molecule has 2 aromatic carbocycles. The molecule has 0 bridgehead atoms. The Morgan fingerprint density at radius 1 is 1.00 bits per heavy atom. The summed E-state index contributed by atoms with van der Waals surface area (Å²) in [6, 6.07) is 14.3. The zero-order valence-electron chi connectivity index (χ0n) is 17.0. The van der Waals surface area contributed by atoms with Gasteiger partial charge in [-0.1, -0.05) is 57.2 Å². The Labute approximate surface area is 157 Å². The van der Waals surface area contributed by atoms with Gasteiger partial charge in [0, 0.05) is 0 Å². The van der Waals surface area contributed by atoms with Crippen LogP contribution in [0.1, 0.15) is 62.9 Å². The number of hydrogen-bond donors (Lipinski definition) is 1. The smallest absolute Gasteiger partial charge is 0.261 e. The van der Waals surface area contributed by atoms with Crippen LogP contribution in [0.4, 0.5) is 0 Å². The van der Waals surface area contributed by atoms with Crippen LogP contribution >= 0.6 is 0 Å². The predicted molar refractivity (Wildman–Crippen MR) is 108 cm³/mol. The Bertz CT molecular complexity index is 757. The summed E-state index contributed by atoms with van der Waals surface area (Å²) in [7, 11) is 0. The average Bonchev–Trinajstić information content (AvgIpc) is 2.58. The van der Waals surface area contributed by atoms with Gasteiger partial charge in [-0.2, -0.15) is 0 Å². The summed E-state index contributed by atoms with van der Waals surface area (Å²) in [6.07, 6.45) is -0.549. The first-order chi connectivity index (χ1) is 12.1. The molecule has 3 heteroatoms. The molecule has 0 saturated heterocycles. The lowest BCUT2D eigenvalue weighted by atomic mass is 9.86. The van der Waals surface area contributed by atoms with Gasteiger partial charge in [0.15, 0.2) is 6.10 Å². The van der Waals surface area contributed by atoms with E-state index in [2.05, 4.69) is 50.4 Å². The summed E-state index contributed by atoms with van der Waals surface area (Å²) >= 11 is 0. The Kier molecular flexibility index (Phi) is 6.12. The molecule has 0 saturated carbocycles. The van der Waals surface area contributed by atoms with E-state index in [0.717, 1.165) is 22.4 Å². The Morgan fingerprint density at radius 3 is 2.19 bits per heavy atom. The summed E-state index contributed by atoms with van der Waals surface area (Å²) in [5.74, 6) is 0.646. The molecule has 0 fully saturated rings. The number of ether oxygens (including phenoxy) is 1. The highest BCUT2D eigenvalue weighted by Crippen LogP contribution is 2.24. The average molecular weight is 354 g/mol. The van der Waals surface area contributed by atoms with Crippen LogP contribution in [0.5, 0.6) is 5.75 Å². The fourth-order valence-electron chi connectivity index (χ4n) is 2.78. The second-order valence-electron chi connectivity index (χ2n) is 8.06. The second-order valence-corrected chi connectivity index (χ2v) is 8.06. The van der Waals surface area contributed by atoms with Gasteiger partial charge in [-0.05, 0) is 61.4 Å². The predicted octanol–water partition coefficient (Wildman–Crippen LogP) is 5.25. The molecule has 140 valence electrons. The lowest BCUT2D eigenvalue weighted by Gasteiger charge is -2.22. The number of hydrogen-bond acceptors (Lipinski definition) is 2. The number of aryl methyl sites for hydroxylation is 1. The van der Waals surface area contributed by atoms with Crippen LogP contribution in [0.15, 0.2) is 42.5 Å². The van der Waals surface area contributed by atoms with Gasteiger partial charge < -0.3 is 10.1 Å². The third-order valence-electron chi connectivity index (χ3n) is 4.86. The Hall–Kier alpha value is -2.29. The van der Waals surface area contributed by atoms with Gasteiger partial charge in [0.25, 0.3) is 5.91 Å². The highest BCUT2D eigenvalue weighted by molar-refractivity contribution is 5.81. The summed E-state index contributed by atoms with van der Waals surface area (Å²) < 4.78 is 5.88. The van der Waals surface area contributed by atoms with Crippen molar-refractivity contribution in [2.45, 2.75) is 66.0 Å². The van der Waals surface area contributed by atoms with Crippen molar-refractivity contribution in [3.63, 3.8) is 0 Å². The van der Waals surface area contributed by atoms with Crippen LogP contribution < -0.4 is 10.1 Å². The molecule has 0 aliphatic heterocycles. The van der Waals surface area contributed by atoms with Crippen molar-refractivity contribution in [2.24, 2.45) is 0 Å². The molecule has 1 N–H and O–H groups in total. The van der Waals surface area contributed by atoms with E-state index in [1.54, 1.807) is 6.92 Å². The number of rotatable bonds is 5. The third-order valence-corrected chi connectivity index (χ3v) is 4.86.